The maximum absolute atomic E-state index is 13.5. The van der Waals surface area contributed by atoms with Crippen LogP contribution in [0, 0.1) is 5.82 Å². The topological polar surface area (TPSA) is 79.8 Å². The van der Waals surface area contributed by atoms with Crippen molar-refractivity contribution in [1.82, 2.24) is 5.43 Å². The third-order valence-corrected chi connectivity index (χ3v) is 3.95. The molecule has 2 rings (SSSR count). The van der Waals surface area contributed by atoms with E-state index in [1.807, 2.05) is 26.0 Å². The number of hydrazone groups is 1. The number of halogens is 2. The summed E-state index contributed by atoms with van der Waals surface area (Å²) in [5.41, 5.74) is 3.14. The largest absolute Gasteiger partial charge is 0.490 e. The van der Waals surface area contributed by atoms with Crippen LogP contribution in [-0.2, 0) is 9.59 Å². The average Bonchev–Trinajstić information content (AvgIpc) is 2.64. The Morgan fingerprint density at radius 1 is 1.18 bits per heavy atom. The van der Waals surface area contributed by atoms with E-state index in [0.29, 0.717) is 11.3 Å². The first kappa shape index (κ1) is 21.6. The van der Waals surface area contributed by atoms with Crippen LogP contribution in [0.3, 0.4) is 0 Å². The molecule has 0 aliphatic rings. The van der Waals surface area contributed by atoms with Crippen LogP contribution in [0.25, 0.3) is 0 Å². The number of anilines is 1. The first-order chi connectivity index (χ1) is 13.3. The molecule has 0 spiro atoms. The van der Waals surface area contributed by atoms with Crippen LogP contribution < -0.4 is 15.5 Å². The lowest BCUT2D eigenvalue weighted by molar-refractivity contribution is -0.124. The van der Waals surface area contributed by atoms with Gasteiger partial charge in [-0.2, -0.15) is 5.10 Å². The van der Waals surface area contributed by atoms with E-state index in [0.717, 1.165) is 4.47 Å². The lowest BCUT2D eigenvalue weighted by Gasteiger charge is -2.12. The summed E-state index contributed by atoms with van der Waals surface area (Å²) in [6.45, 7) is 3.83. The highest BCUT2D eigenvalue weighted by molar-refractivity contribution is 9.10. The van der Waals surface area contributed by atoms with Crippen LogP contribution in [-0.4, -0.2) is 24.1 Å². The molecule has 2 amide bonds. The van der Waals surface area contributed by atoms with Gasteiger partial charge in [-0.25, -0.2) is 9.82 Å². The smallest absolute Gasteiger partial charge is 0.240 e. The van der Waals surface area contributed by atoms with Gasteiger partial charge in [0.2, 0.25) is 11.8 Å². The molecular weight excluding hydrogens is 429 g/mol. The lowest BCUT2D eigenvalue weighted by Crippen LogP contribution is -2.21. The molecule has 0 fully saturated rings. The molecule has 0 saturated carbocycles. The van der Waals surface area contributed by atoms with Crippen LogP contribution in [0.2, 0.25) is 0 Å². The van der Waals surface area contributed by atoms with Crippen molar-refractivity contribution in [3.05, 3.63) is 58.3 Å². The highest BCUT2D eigenvalue weighted by Gasteiger charge is 2.09. The minimum absolute atomic E-state index is 0.00381. The molecule has 0 aliphatic heterocycles. The molecular formula is C20H21BrFN3O3. The van der Waals surface area contributed by atoms with Crippen LogP contribution in [0.5, 0.6) is 5.75 Å². The number of hydrogen-bond acceptors (Lipinski definition) is 4. The van der Waals surface area contributed by atoms with E-state index in [1.54, 1.807) is 12.1 Å². The summed E-state index contributed by atoms with van der Waals surface area (Å²) in [5, 5.41) is 6.33. The molecule has 0 atom stereocenters. The maximum Gasteiger partial charge on any atom is 0.240 e. The summed E-state index contributed by atoms with van der Waals surface area (Å²) < 4.78 is 20.0. The second-order valence-electron chi connectivity index (χ2n) is 6.17. The Kier molecular flexibility index (Phi) is 8.13. The molecule has 0 heterocycles. The number of carbonyl (C=O) groups is 2. The third-order valence-electron chi connectivity index (χ3n) is 3.45. The maximum atomic E-state index is 13.5. The Morgan fingerprint density at radius 2 is 1.89 bits per heavy atom. The van der Waals surface area contributed by atoms with E-state index in [-0.39, 0.29) is 24.6 Å². The van der Waals surface area contributed by atoms with Crippen molar-refractivity contribution in [2.75, 3.05) is 5.32 Å². The fourth-order valence-electron chi connectivity index (χ4n) is 2.21. The zero-order chi connectivity index (χ0) is 20.5. The number of amides is 2. The highest BCUT2D eigenvalue weighted by Crippen LogP contribution is 2.22. The van der Waals surface area contributed by atoms with Crippen molar-refractivity contribution in [3.63, 3.8) is 0 Å². The van der Waals surface area contributed by atoms with Crippen molar-refractivity contribution >= 4 is 39.6 Å². The second kappa shape index (κ2) is 10.6. The number of para-hydroxylation sites is 1. The van der Waals surface area contributed by atoms with Gasteiger partial charge in [-0.15, -0.1) is 0 Å². The summed E-state index contributed by atoms with van der Waals surface area (Å²) in [5.74, 6) is -0.774. The summed E-state index contributed by atoms with van der Waals surface area (Å²) >= 11 is 3.38. The highest BCUT2D eigenvalue weighted by atomic mass is 79.9. The van der Waals surface area contributed by atoms with Gasteiger partial charge in [0.1, 0.15) is 11.6 Å². The predicted molar refractivity (Wildman–Crippen MR) is 110 cm³/mol. The fraction of sp³-hybridized carbons (Fsp3) is 0.250. The summed E-state index contributed by atoms with van der Waals surface area (Å²) in [7, 11) is 0. The molecule has 6 nitrogen and oxygen atoms in total. The Balaban J connectivity index is 1.84. The van der Waals surface area contributed by atoms with Gasteiger partial charge in [-0.1, -0.05) is 28.1 Å². The normalized spacial score (nSPS) is 10.9. The minimum atomic E-state index is -0.529. The predicted octanol–water partition coefficient (Wildman–Crippen LogP) is 4.24. The molecule has 2 aromatic carbocycles. The third kappa shape index (κ3) is 7.11. The molecule has 2 N–H and O–H groups in total. The number of nitrogens with one attached hydrogen (secondary N) is 2. The lowest BCUT2D eigenvalue weighted by atomic mass is 10.2. The molecule has 0 aromatic heterocycles. The quantitative estimate of drug-likeness (QED) is 0.467. The number of carbonyl (C=O) groups excluding carboxylic acids is 2. The van der Waals surface area contributed by atoms with Gasteiger partial charge in [0.15, 0.2) is 0 Å². The van der Waals surface area contributed by atoms with Crippen LogP contribution in [0.1, 0.15) is 32.3 Å². The monoisotopic (exact) mass is 449 g/mol. The first-order valence-electron chi connectivity index (χ1n) is 8.67. The van der Waals surface area contributed by atoms with Gasteiger partial charge < -0.3 is 10.1 Å². The van der Waals surface area contributed by atoms with Gasteiger partial charge in [0.05, 0.1) is 18.0 Å². The van der Waals surface area contributed by atoms with Gasteiger partial charge in [0.25, 0.3) is 0 Å². The van der Waals surface area contributed by atoms with Crippen molar-refractivity contribution in [3.8, 4) is 5.75 Å². The van der Waals surface area contributed by atoms with E-state index in [9.17, 15) is 14.0 Å². The zero-order valence-corrected chi connectivity index (χ0v) is 17.1. The number of rotatable bonds is 8. The van der Waals surface area contributed by atoms with Crippen LogP contribution in [0.15, 0.2) is 52.0 Å². The molecule has 148 valence electrons. The van der Waals surface area contributed by atoms with Crippen molar-refractivity contribution < 1.29 is 18.7 Å². The van der Waals surface area contributed by atoms with Gasteiger partial charge in [-0.05, 0) is 44.2 Å². The molecule has 0 radical (unpaired) electrons. The average molecular weight is 450 g/mol. The van der Waals surface area contributed by atoms with Crippen molar-refractivity contribution in [1.29, 1.82) is 0 Å². The van der Waals surface area contributed by atoms with Crippen molar-refractivity contribution in [2.24, 2.45) is 5.10 Å². The summed E-state index contributed by atoms with van der Waals surface area (Å²) in [6, 6.07) is 11.3. The molecule has 0 bridgehead atoms. The van der Waals surface area contributed by atoms with E-state index >= 15 is 0 Å². The zero-order valence-electron chi connectivity index (χ0n) is 15.5. The molecule has 2 aromatic rings. The number of benzene rings is 2. The van der Waals surface area contributed by atoms with Gasteiger partial charge in [0, 0.05) is 22.9 Å². The Bertz CT molecular complexity index is 872. The van der Waals surface area contributed by atoms with Gasteiger partial charge in [-0.3, -0.25) is 9.59 Å². The van der Waals surface area contributed by atoms with Crippen LogP contribution in [0.4, 0.5) is 10.1 Å². The molecule has 0 aliphatic carbocycles. The summed E-state index contributed by atoms with van der Waals surface area (Å²) in [6.07, 6.45) is 1.30. The van der Waals surface area contributed by atoms with Crippen molar-refractivity contribution in [2.45, 2.75) is 32.8 Å². The summed E-state index contributed by atoms with van der Waals surface area (Å²) in [4.78, 5) is 23.7. The number of ether oxygens (including phenoxy) is 1. The Morgan fingerprint density at radius 3 is 2.61 bits per heavy atom. The SMILES string of the molecule is CC(C)Oc1ccc(Br)cc1C=NNC(=O)CCC(=O)Nc1ccccc1F. The molecule has 28 heavy (non-hydrogen) atoms. The Labute approximate surface area is 171 Å². The van der Waals surface area contributed by atoms with Crippen LogP contribution >= 0.6 is 15.9 Å². The van der Waals surface area contributed by atoms with E-state index < -0.39 is 17.6 Å². The first-order valence-corrected chi connectivity index (χ1v) is 9.47. The standard InChI is InChI=1S/C20H21BrFN3O3/c1-13(2)28-18-8-7-15(21)11-14(18)12-23-25-20(27)10-9-19(26)24-17-6-4-3-5-16(17)22/h3-8,11-13H,9-10H2,1-2H3,(H,24,26)(H,25,27). The van der Waals surface area contributed by atoms with E-state index in [1.165, 1.54) is 24.4 Å². The second-order valence-corrected chi connectivity index (χ2v) is 7.09. The molecule has 0 unspecified atom stereocenters. The molecule has 0 saturated heterocycles. The van der Waals surface area contributed by atoms with Gasteiger partial charge >= 0.3 is 0 Å². The Hall–Kier alpha value is -2.74. The fourth-order valence-corrected chi connectivity index (χ4v) is 2.59. The van der Waals surface area contributed by atoms with E-state index in [4.69, 9.17) is 4.74 Å². The number of hydrogen-bond donors (Lipinski definition) is 2. The number of nitrogens with zero attached hydrogens (tertiary/aromatic N) is 1. The molecule has 8 heteroatoms. The minimum Gasteiger partial charge on any atom is -0.490 e. The van der Waals surface area contributed by atoms with E-state index in [2.05, 4.69) is 31.8 Å².